The fourth-order valence-electron chi connectivity index (χ4n) is 0.822. The van der Waals surface area contributed by atoms with Crippen LogP contribution in [0.15, 0.2) is 41.7 Å². The van der Waals surface area contributed by atoms with E-state index in [9.17, 15) is 4.91 Å². The second-order valence-electron chi connectivity index (χ2n) is 2.18. The van der Waals surface area contributed by atoms with Gasteiger partial charge in [0.2, 0.25) is 0 Å². The monoisotopic (exact) mass is 163 g/mol. The van der Waals surface area contributed by atoms with Gasteiger partial charge in [0.1, 0.15) is 6.61 Å². The first-order valence-electron chi connectivity index (χ1n) is 3.59. The zero-order chi connectivity index (χ0) is 8.65. The summed E-state index contributed by atoms with van der Waals surface area (Å²) in [6.07, 6.45) is 3.60. The number of hydrogen-bond acceptors (Lipinski definition) is 3. The van der Waals surface area contributed by atoms with Crippen LogP contribution in [-0.2, 0) is 4.84 Å². The Morgan fingerprint density at radius 1 is 1.33 bits per heavy atom. The van der Waals surface area contributed by atoms with Crippen molar-refractivity contribution in [2.45, 2.75) is 0 Å². The van der Waals surface area contributed by atoms with E-state index in [1.807, 2.05) is 36.4 Å². The van der Waals surface area contributed by atoms with Crippen LogP contribution in [0.3, 0.4) is 0 Å². The Morgan fingerprint density at radius 2 is 2.08 bits per heavy atom. The molecule has 62 valence electrons. The van der Waals surface area contributed by atoms with Gasteiger partial charge in [-0.25, -0.2) is 0 Å². The molecule has 1 rings (SSSR count). The van der Waals surface area contributed by atoms with E-state index in [2.05, 4.69) is 10.2 Å². The summed E-state index contributed by atoms with van der Waals surface area (Å²) in [6.45, 7) is 0.221. The van der Waals surface area contributed by atoms with Gasteiger partial charge in [0.25, 0.3) is 0 Å². The molecule has 0 atom stereocenters. The van der Waals surface area contributed by atoms with Crippen LogP contribution in [0.4, 0.5) is 0 Å². The third kappa shape index (κ3) is 2.96. The third-order valence-electron chi connectivity index (χ3n) is 1.33. The number of hydrogen-bond donors (Lipinski definition) is 0. The van der Waals surface area contributed by atoms with Crippen LogP contribution in [-0.4, -0.2) is 6.61 Å². The average Bonchev–Trinajstić information content (AvgIpc) is 2.14. The van der Waals surface area contributed by atoms with E-state index in [1.165, 1.54) is 0 Å². The third-order valence-corrected chi connectivity index (χ3v) is 1.33. The highest BCUT2D eigenvalue weighted by Gasteiger charge is 1.81. The summed E-state index contributed by atoms with van der Waals surface area (Å²) in [7, 11) is 0. The Morgan fingerprint density at radius 3 is 2.75 bits per heavy atom. The average molecular weight is 163 g/mol. The van der Waals surface area contributed by atoms with Gasteiger partial charge in [-0.15, -0.1) is 4.91 Å². The van der Waals surface area contributed by atoms with Crippen molar-refractivity contribution in [2.24, 2.45) is 5.34 Å². The second-order valence-corrected chi connectivity index (χ2v) is 2.18. The highest BCUT2D eigenvalue weighted by atomic mass is 16.7. The van der Waals surface area contributed by atoms with Gasteiger partial charge in [-0.1, -0.05) is 36.4 Å². The van der Waals surface area contributed by atoms with Crippen molar-refractivity contribution < 1.29 is 4.84 Å². The summed E-state index contributed by atoms with van der Waals surface area (Å²) < 4.78 is 0. The maximum absolute atomic E-state index is 9.51. The molecule has 1 aromatic carbocycles. The second kappa shape index (κ2) is 5.07. The van der Waals surface area contributed by atoms with E-state index >= 15 is 0 Å². The molecule has 0 unspecified atom stereocenters. The normalized spacial score (nSPS) is 10.0. The summed E-state index contributed by atoms with van der Waals surface area (Å²) in [5, 5.41) is 2.27. The lowest BCUT2D eigenvalue weighted by molar-refractivity contribution is 0.170. The van der Waals surface area contributed by atoms with Crippen molar-refractivity contribution >= 4 is 6.08 Å². The van der Waals surface area contributed by atoms with Crippen molar-refractivity contribution in [3.05, 3.63) is 46.9 Å². The van der Waals surface area contributed by atoms with E-state index in [1.54, 1.807) is 6.08 Å². The summed E-state index contributed by atoms with van der Waals surface area (Å²) in [5.41, 5.74) is 1.08. The van der Waals surface area contributed by atoms with Crippen LogP contribution in [0, 0.1) is 4.91 Å². The van der Waals surface area contributed by atoms with Crippen molar-refractivity contribution in [1.29, 1.82) is 0 Å². The summed E-state index contributed by atoms with van der Waals surface area (Å²) in [5.74, 6) is 0. The Hall–Kier alpha value is -1.64. The topological polar surface area (TPSA) is 38.7 Å². The molecular weight excluding hydrogens is 154 g/mol. The lowest BCUT2D eigenvalue weighted by Gasteiger charge is -1.90. The molecule has 3 nitrogen and oxygen atoms in total. The molecule has 0 fully saturated rings. The summed E-state index contributed by atoms with van der Waals surface area (Å²) in [4.78, 5) is 13.7. The molecule has 0 bridgehead atoms. The molecule has 0 aliphatic rings. The van der Waals surface area contributed by atoms with E-state index < -0.39 is 0 Å². The van der Waals surface area contributed by atoms with Gasteiger partial charge in [-0.3, -0.25) is 0 Å². The SMILES string of the molecule is O=NOCC=Cc1ccccc1. The van der Waals surface area contributed by atoms with Gasteiger partial charge >= 0.3 is 0 Å². The lowest BCUT2D eigenvalue weighted by Crippen LogP contribution is -1.78. The Balaban J connectivity index is 2.41. The molecule has 0 aromatic heterocycles. The molecule has 0 heterocycles. The molecule has 0 aliphatic carbocycles. The largest absolute Gasteiger partial charge is 0.360 e. The van der Waals surface area contributed by atoms with E-state index in [4.69, 9.17) is 0 Å². The molecular formula is C9H9NO2. The van der Waals surface area contributed by atoms with Crippen LogP contribution in [0.25, 0.3) is 6.08 Å². The summed E-state index contributed by atoms with van der Waals surface area (Å²) >= 11 is 0. The quantitative estimate of drug-likeness (QED) is 0.388. The van der Waals surface area contributed by atoms with E-state index in [0.717, 1.165) is 5.56 Å². The van der Waals surface area contributed by atoms with E-state index in [0.29, 0.717) is 0 Å². The van der Waals surface area contributed by atoms with Crippen LogP contribution >= 0.6 is 0 Å². The number of rotatable bonds is 4. The minimum atomic E-state index is 0.221. The Bertz CT molecular complexity index is 256. The number of nitrogens with zero attached hydrogens (tertiary/aromatic N) is 1. The van der Waals surface area contributed by atoms with E-state index in [-0.39, 0.29) is 6.61 Å². The fraction of sp³-hybridized carbons (Fsp3) is 0.111. The van der Waals surface area contributed by atoms with Crippen LogP contribution in [0.2, 0.25) is 0 Å². The minimum absolute atomic E-state index is 0.221. The van der Waals surface area contributed by atoms with Crippen molar-refractivity contribution in [1.82, 2.24) is 0 Å². The first-order valence-corrected chi connectivity index (χ1v) is 3.59. The van der Waals surface area contributed by atoms with Crippen molar-refractivity contribution in [2.75, 3.05) is 6.61 Å². The van der Waals surface area contributed by atoms with Gasteiger partial charge in [0, 0.05) is 0 Å². The molecule has 0 amide bonds. The molecule has 0 spiro atoms. The summed E-state index contributed by atoms with van der Waals surface area (Å²) in [6, 6.07) is 9.76. The minimum Gasteiger partial charge on any atom is -0.360 e. The first-order chi connectivity index (χ1) is 5.93. The van der Waals surface area contributed by atoms with Gasteiger partial charge < -0.3 is 4.84 Å². The molecule has 0 aliphatic heterocycles. The zero-order valence-electron chi connectivity index (χ0n) is 6.51. The highest BCUT2D eigenvalue weighted by molar-refractivity contribution is 5.48. The highest BCUT2D eigenvalue weighted by Crippen LogP contribution is 2.00. The molecule has 0 N–H and O–H groups in total. The fourth-order valence-corrected chi connectivity index (χ4v) is 0.822. The standard InChI is InChI=1S/C9H9NO2/c11-10-12-8-4-7-9-5-2-1-3-6-9/h1-7H,8H2. The van der Waals surface area contributed by atoms with Crippen LogP contribution in [0.1, 0.15) is 5.56 Å². The predicted molar refractivity (Wildman–Crippen MR) is 47.2 cm³/mol. The Kier molecular flexibility index (Phi) is 3.57. The first kappa shape index (κ1) is 8.46. The molecule has 3 heteroatoms. The Labute approximate surface area is 70.6 Å². The van der Waals surface area contributed by atoms with Crippen LogP contribution < -0.4 is 0 Å². The van der Waals surface area contributed by atoms with Gasteiger partial charge in [0.15, 0.2) is 5.34 Å². The molecule has 12 heavy (non-hydrogen) atoms. The zero-order valence-corrected chi connectivity index (χ0v) is 6.51. The molecule has 0 radical (unpaired) electrons. The predicted octanol–water partition coefficient (Wildman–Crippen LogP) is 2.40. The van der Waals surface area contributed by atoms with Crippen molar-refractivity contribution in [3.8, 4) is 0 Å². The van der Waals surface area contributed by atoms with Gasteiger partial charge in [-0.05, 0) is 11.6 Å². The maximum Gasteiger partial charge on any atom is 0.155 e. The van der Waals surface area contributed by atoms with Crippen LogP contribution in [0.5, 0.6) is 0 Å². The smallest absolute Gasteiger partial charge is 0.155 e. The van der Waals surface area contributed by atoms with Gasteiger partial charge in [0.05, 0.1) is 0 Å². The lowest BCUT2D eigenvalue weighted by atomic mass is 10.2. The maximum atomic E-state index is 9.51. The molecule has 0 saturated carbocycles. The number of benzene rings is 1. The van der Waals surface area contributed by atoms with Gasteiger partial charge in [-0.2, -0.15) is 0 Å². The molecule has 0 saturated heterocycles. The molecule has 1 aromatic rings. The van der Waals surface area contributed by atoms with Crippen molar-refractivity contribution in [3.63, 3.8) is 0 Å².